The first-order valence-electron chi connectivity index (χ1n) is 5.54. The third-order valence-electron chi connectivity index (χ3n) is 2.88. The molecule has 1 unspecified atom stereocenters. The van der Waals surface area contributed by atoms with Crippen molar-refractivity contribution in [1.29, 1.82) is 0 Å². The van der Waals surface area contributed by atoms with Crippen molar-refractivity contribution in [2.24, 2.45) is 0 Å². The molecule has 2 aromatic heterocycles. The van der Waals surface area contributed by atoms with E-state index in [9.17, 15) is 9.50 Å². The Kier molecular flexibility index (Phi) is 2.64. The number of hydrogen-bond acceptors (Lipinski definition) is 4. The number of halogens is 1. The second kappa shape index (κ2) is 4.16. The van der Waals surface area contributed by atoms with Gasteiger partial charge in [0.25, 0.3) is 0 Å². The molecule has 17 heavy (non-hydrogen) atoms. The van der Waals surface area contributed by atoms with Gasteiger partial charge >= 0.3 is 0 Å². The standard InChI is InChI=1S/C12H11FN2OS/c13-7-3-2-6-14-10(7)12-15-8-4-1-5-9(16)11(8)17-12/h2-3,6,9,16H,1,4-5H2. The van der Waals surface area contributed by atoms with Gasteiger partial charge < -0.3 is 5.11 Å². The molecule has 0 amide bonds. The van der Waals surface area contributed by atoms with Crippen molar-refractivity contribution < 1.29 is 9.50 Å². The Balaban J connectivity index is 2.08. The third-order valence-corrected chi connectivity index (χ3v) is 4.09. The minimum Gasteiger partial charge on any atom is -0.388 e. The lowest BCUT2D eigenvalue weighted by atomic mass is 10.0. The molecule has 0 bridgehead atoms. The largest absolute Gasteiger partial charge is 0.388 e. The summed E-state index contributed by atoms with van der Waals surface area (Å²) >= 11 is 1.35. The van der Waals surface area contributed by atoms with Gasteiger partial charge in [-0.1, -0.05) is 0 Å². The summed E-state index contributed by atoms with van der Waals surface area (Å²) in [5.74, 6) is -0.368. The maximum Gasteiger partial charge on any atom is 0.151 e. The zero-order chi connectivity index (χ0) is 11.8. The quantitative estimate of drug-likeness (QED) is 0.846. The van der Waals surface area contributed by atoms with Gasteiger partial charge in [-0.05, 0) is 31.4 Å². The summed E-state index contributed by atoms with van der Waals surface area (Å²) in [7, 11) is 0. The number of fused-ring (bicyclic) bond motifs is 1. The molecule has 5 heteroatoms. The van der Waals surface area contributed by atoms with Crippen molar-refractivity contribution in [2.75, 3.05) is 0 Å². The van der Waals surface area contributed by atoms with Gasteiger partial charge in [0.05, 0.1) is 16.7 Å². The molecule has 1 N–H and O–H groups in total. The van der Waals surface area contributed by atoms with Gasteiger partial charge in [0.1, 0.15) is 10.7 Å². The first kappa shape index (κ1) is 10.8. The molecule has 2 heterocycles. The highest BCUT2D eigenvalue weighted by Gasteiger charge is 2.24. The summed E-state index contributed by atoms with van der Waals surface area (Å²) in [5.41, 5.74) is 1.17. The molecule has 0 saturated heterocycles. The zero-order valence-electron chi connectivity index (χ0n) is 9.06. The van der Waals surface area contributed by atoms with Gasteiger partial charge in [-0.3, -0.25) is 4.98 Å². The molecule has 2 aromatic rings. The molecule has 1 atom stereocenters. The SMILES string of the molecule is OC1CCCc2nc(-c3ncccc3F)sc21. The number of rotatable bonds is 1. The van der Waals surface area contributed by atoms with Crippen molar-refractivity contribution in [2.45, 2.75) is 25.4 Å². The minimum absolute atomic E-state index is 0.277. The van der Waals surface area contributed by atoms with Crippen LogP contribution in [0.3, 0.4) is 0 Å². The summed E-state index contributed by atoms with van der Waals surface area (Å²) in [6, 6.07) is 2.93. The van der Waals surface area contributed by atoms with Crippen LogP contribution in [0, 0.1) is 5.82 Å². The predicted octanol–water partition coefficient (Wildman–Crippen LogP) is 2.71. The number of nitrogens with zero attached hydrogens (tertiary/aromatic N) is 2. The molecular weight excluding hydrogens is 239 g/mol. The van der Waals surface area contributed by atoms with Crippen LogP contribution in [0.25, 0.3) is 10.7 Å². The molecule has 3 rings (SSSR count). The Bertz CT molecular complexity index is 555. The topological polar surface area (TPSA) is 46.0 Å². The second-order valence-electron chi connectivity index (χ2n) is 4.07. The number of hydrogen-bond donors (Lipinski definition) is 1. The smallest absolute Gasteiger partial charge is 0.151 e. The lowest BCUT2D eigenvalue weighted by molar-refractivity contribution is 0.160. The van der Waals surface area contributed by atoms with Gasteiger partial charge in [0.2, 0.25) is 0 Å². The van der Waals surface area contributed by atoms with Crippen LogP contribution in [0.2, 0.25) is 0 Å². The van der Waals surface area contributed by atoms with Crippen molar-refractivity contribution >= 4 is 11.3 Å². The number of thiazole rings is 1. The van der Waals surface area contributed by atoms with E-state index in [4.69, 9.17) is 0 Å². The van der Waals surface area contributed by atoms with Gasteiger partial charge in [-0.15, -0.1) is 11.3 Å². The van der Waals surface area contributed by atoms with E-state index in [0.29, 0.717) is 5.01 Å². The van der Waals surface area contributed by atoms with Gasteiger partial charge in [0.15, 0.2) is 5.82 Å². The lowest BCUT2D eigenvalue weighted by Crippen LogP contribution is -2.06. The van der Waals surface area contributed by atoms with E-state index in [1.807, 2.05) is 0 Å². The van der Waals surface area contributed by atoms with Crippen molar-refractivity contribution in [1.82, 2.24) is 9.97 Å². The van der Waals surface area contributed by atoms with E-state index in [-0.39, 0.29) is 11.5 Å². The maximum atomic E-state index is 13.6. The summed E-state index contributed by atoms with van der Waals surface area (Å²) in [5, 5.41) is 10.4. The fourth-order valence-electron chi connectivity index (χ4n) is 2.04. The third kappa shape index (κ3) is 1.85. The Morgan fingerprint density at radius 1 is 1.47 bits per heavy atom. The Labute approximate surface area is 102 Å². The van der Waals surface area contributed by atoms with E-state index >= 15 is 0 Å². The van der Waals surface area contributed by atoms with E-state index in [1.54, 1.807) is 12.3 Å². The highest BCUT2D eigenvalue weighted by atomic mass is 32.1. The number of pyridine rings is 1. The molecule has 0 radical (unpaired) electrons. The Morgan fingerprint density at radius 2 is 2.35 bits per heavy atom. The predicted molar refractivity (Wildman–Crippen MR) is 63.2 cm³/mol. The van der Waals surface area contributed by atoms with Crippen molar-refractivity contribution in [3.05, 3.63) is 34.7 Å². The number of aryl methyl sites for hydroxylation is 1. The van der Waals surface area contributed by atoms with Gasteiger partial charge in [0, 0.05) is 6.20 Å². The fraction of sp³-hybridized carbons (Fsp3) is 0.333. The van der Waals surface area contributed by atoms with E-state index in [1.165, 1.54) is 17.4 Å². The summed E-state index contributed by atoms with van der Waals surface area (Å²) in [6.07, 6.45) is 3.66. The molecule has 1 aliphatic rings. The first-order chi connectivity index (χ1) is 8.25. The minimum atomic E-state index is -0.447. The van der Waals surface area contributed by atoms with Crippen LogP contribution in [0.4, 0.5) is 4.39 Å². The fourth-order valence-corrected chi connectivity index (χ4v) is 3.17. The maximum absolute atomic E-state index is 13.6. The molecule has 0 fully saturated rings. The molecule has 0 spiro atoms. The summed E-state index contributed by atoms with van der Waals surface area (Å²) in [6.45, 7) is 0. The van der Waals surface area contributed by atoms with Crippen LogP contribution >= 0.6 is 11.3 Å². The molecule has 0 saturated carbocycles. The number of aliphatic hydroxyl groups excluding tert-OH is 1. The second-order valence-corrected chi connectivity index (χ2v) is 5.10. The van der Waals surface area contributed by atoms with Crippen LogP contribution in [-0.4, -0.2) is 15.1 Å². The van der Waals surface area contributed by atoms with Crippen LogP contribution in [0.5, 0.6) is 0 Å². The molecule has 3 nitrogen and oxygen atoms in total. The van der Waals surface area contributed by atoms with Gasteiger partial charge in [-0.2, -0.15) is 0 Å². The highest BCUT2D eigenvalue weighted by Crippen LogP contribution is 2.37. The number of aliphatic hydroxyl groups is 1. The van der Waals surface area contributed by atoms with E-state index < -0.39 is 6.10 Å². The van der Waals surface area contributed by atoms with Crippen molar-refractivity contribution in [3.8, 4) is 10.7 Å². The molecule has 88 valence electrons. The number of aromatic nitrogens is 2. The average molecular weight is 250 g/mol. The normalized spacial score (nSPS) is 19.1. The van der Waals surface area contributed by atoms with Crippen LogP contribution in [0.15, 0.2) is 18.3 Å². The van der Waals surface area contributed by atoms with Crippen LogP contribution in [0.1, 0.15) is 29.5 Å². The summed E-state index contributed by atoms with van der Waals surface area (Å²) < 4.78 is 13.6. The summed E-state index contributed by atoms with van der Waals surface area (Å²) in [4.78, 5) is 9.27. The Morgan fingerprint density at radius 3 is 3.12 bits per heavy atom. The molecule has 1 aliphatic carbocycles. The van der Waals surface area contributed by atoms with E-state index in [2.05, 4.69) is 9.97 Å². The molecular formula is C12H11FN2OS. The monoisotopic (exact) mass is 250 g/mol. The van der Waals surface area contributed by atoms with Crippen LogP contribution < -0.4 is 0 Å². The zero-order valence-corrected chi connectivity index (χ0v) is 9.88. The van der Waals surface area contributed by atoms with Crippen LogP contribution in [-0.2, 0) is 6.42 Å². The Hall–Kier alpha value is -1.33. The highest BCUT2D eigenvalue weighted by molar-refractivity contribution is 7.15. The molecule has 0 aromatic carbocycles. The van der Waals surface area contributed by atoms with E-state index in [0.717, 1.165) is 29.8 Å². The average Bonchev–Trinajstić information content (AvgIpc) is 2.75. The van der Waals surface area contributed by atoms with Gasteiger partial charge in [-0.25, -0.2) is 9.37 Å². The lowest BCUT2D eigenvalue weighted by Gasteiger charge is -2.14. The first-order valence-corrected chi connectivity index (χ1v) is 6.36. The molecule has 0 aliphatic heterocycles. The van der Waals surface area contributed by atoms with Crippen molar-refractivity contribution in [3.63, 3.8) is 0 Å².